The van der Waals surface area contributed by atoms with Gasteiger partial charge in [-0.1, -0.05) is 35.9 Å². The summed E-state index contributed by atoms with van der Waals surface area (Å²) in [5.41, 5.74) is 1.95. The lowest BCUT2D eigenvalue weighted by Gasteiger charge is -2.35. The number of piperazine rings is 1. The third-order valence-corrected chi connectivity index (χ3v) is 6.71. The first-order valence-corrected chi connectivity index (χ1v) is 10.4. The van der Waals surface area contributed by atoms with Crippen LogP contribution >= 0.6 is 24.0 Å². The normalized spacial score (nSPS) is 18.1. The van der Waals surface area contributed by atoms with Gasteiger partial charge in [-0.2, -0.15) is 4.31 Å². The Bertz CT molecular complexity index is 844. The van der Waals surface area contributed by atoms with Gasteiger partial charge in [-0.15, -0.1) is 12.4 Å². The molecule has 8 heteroatoms. The zero-order valence-electron chi connectivity index (χ0n) is 15.1. The molecule has 5 nitrogen and oxygen atoms in total. The van der Waals surface area contributed by atoms with E-state index in [9.17, 15) is 8.42 Å². The topological polar surface area (TPSA) is 58.6 Å². The molecule has 1 atom stereocenters. The van der Waals surface area contributed by atoms with Crippen LogP contribution in [-0.2, 0) is 21.2 Å². The molecular formula is C19H24Cl2N2O3S. The van der Waals surface area contributed by atoms with E-state index in [1.54, 1.807) is 29.6 Å². The smallest absolute Gasteiger partial charge is 0.243 e. The maximum absolute atomic E-state index is 13.2. The third kappa shape index (κ3) is 5.22. The van der Waals surface area contributed by atoms with Crippen molar-refractivity contribution < 1.29 is 13.2 Å². The molecule has 0 amide bonds. The van der Waals surface area contributed by atoms with Crippen LogP contribution in [0.1, 0.15) is 17.2 Å². The van der Waals surface area contributed by atoms with E-state index in [0.29, 0.717) is 36.2 Å². The van der Waals surface area contributed by atoms with Gasteiger partial charge in [0.25, 0.3) is 0 Å². The standard InChI is InChI=1S/C19H23ClN2O3S.ClH/c1-25-12-9-15-5-7-18(8-6-15)26(23,24)22-11-10-21-14-19(22)16-3-2-4-17(20)13-16;/h2-8,13,19,21H,9-12,14H2,1H3;1H. The van der Waals surface area contributed by atoms with Crippen LogP contribution in [0.2, 0.25) is 5.02 Å². The summed E-state index contributed by atoms with van der Waals surface area (Å²) < 4.78 is 33.1. The zero-order valence-corrected chi connectivity index (χ0v) is 17.5. The van der Waals surface area contributed by atoms with Crippen molar-refractivity contribution in [1.82, 2.24) is 9.62 Å². The molecule has 27 heavy (non-hydrogen) atoms. The predicted octanol–water partition coefficient (Wildman–Crippen LogP) is 3.29. The predicted molar refractivity (Wildman–Crippen MR) is 110 cm³/mol. The first-order valence-electron chi connectivity index (χ1n) is 8.58. The Morgan fingerprint density at radius 3 is 2.63 bits per heavy atom. The van der Waals surface area contributed by atoms with Gasteiger partial charge in [0.2, 0.25) is 10.0 Å². The summed E-state index contributed by atoms with van der Waals surface area (Å²) in [6.07, 6.45) is 0.760. The van der Waals surface area contributed by atoms with Gasteiger partial charge in [-0.05, 0) is 41.8 Å². The average Bonchev–Trinajstić information content (AvgIpc) is 2.66. The molecule has 1 heterocycles. The van der Waals surface area contributed by atoms with Crippen LogP contribution in [0.4, 0.5) is 0 Å². The Kier molecular flexibility index (Phi) is 8.09. The highest BCUT2D eigenvalue weighted by Gasteiger charge is 2.34. The molecule has 0 saturated carbocycles. The minimum atomic E-state index is -3.59. The lowest BCUT2D eigenvalue weighted by molar-refractivity contribution is 0.202. The molecule has 1 fully saturated rings. The largest absolute Gasteiger partial charge is 0.384 e. The maximum atomic E-state index is 13.2. The molecule has 0 bridgehead atoms. The molecule has 0 spiro atoms. The molecule has 0 aliphatic carbocycles. The second-order valence-electron chi connectivity index (χ2n) is 6.28. The first-order chi connectivity index (χ1) is 12.5. The second kappa shape index (κ2) is 9.87. The highest BCUT2D eigenvalue weighted by Crippen LogP contribution is 2.30. The Morgan fingerprint density at radius 2 is 1.96 bits per heavy atom. The summed E-state index contributed by atoms with van der Waals surface area (Å²) in [7, 11) is -1.94. The van der Waals surface area contributed by atoms with E-state index in [1.165, 1.54) is 0 Å². The minimum Gasteiger partial charge on any atom is -0.384 e. The number of hydrogen-bond donors (Lipinski definition) is 1. The van der Waals surface area contributed by atoms with Crippen molar-refractivity contribution in [2.75, 3.05) is 33.4 Å². The Balaban J connectivity index is 0.00000261. The SMILES string of the molecule is COCCc1ccc(S(=O)(=O)N2CCNCC2c2cccc(Cl)c2)cc1.Cl. The number of methoxy groups -OCH3 is 1. The highest BCUT2D eigenvalue weighted by atomic mass is 35.5. The van der Waals surface area contributed by atoms with Crippen LogP contribution in [-0.4, -0.2) is 46.1 Å². The summed E-state index contributed by atoms with van der Waals surface area (Å²) in [6.45, 7) is 2.22. The molecule has 148 valence electrons. The summed E-state index contributed by atoms with van der Waals surface area (Å²) in [6, 6.07) is 14.2. The molecule has 1 unspecified atom stereocenters. The molecule has 3 rings (SSSR count). The van der Waals surface area contributed by atoms with Gasteiger partial charge < -0.3 is 10.1 Å². The van der Waals surface area contributed by atoms with Crippen LogP contribution < -0.4 is 5.32 Å². The van der Waals surface area contributed by atoms with Crippen molar-refractivity contribution >= 4 is 34.0 Å². The van der Waals surface area contributed by atoms with Gasteiger partial charge in [-0.25, -0.2) is 8.42 Å². The summed E-state index contributed by atoms with van der Waals surface area (Å²) >= 11 is 6.10. The number of nitrogens with one attached hydrogen (secondary N) is 1. The molecule has 2 aromatic rings. The lowest BCUT2D eigenvalue weighted by atomic mass is 10.1. The molecule has 1 saturated heterocycles. The Morgan fingerprint density at radius 1 is 1.22 bits per heavy atom. The zero-order chi connectivity index (χ0) is 18.6. The molecule has 0 aromatic heterocycles. The summed E-state index contributed by atoms with van der Waals surface area (Å²) in [5, 5.41) is 3.88. The molecule has 2 aromatic carbocycles. The number of ether oxygens (including phenoxy) is 1. The van der Waals surface area contributed by atoms with Crippen LogP contribution in [0.5, 0.6) is 0 Å². The fourth-order valence-corrected chi connectivity index (χ4v) is 4.97. The van der Waals surface area contributed by atoms with Gasteiger partial charge in [0, 0.05) is 31.8 Å². The van der Waals surface area contributed by atoms with Gasteiger partial charge >= 0.3 is 0 Å². The summed E-state index contributed by atoms with van der Waals surface area (Å²) in [4.78, 5) is 0.313. The quantitative estimate of drug-likeness (QED) is 0.763. The Labute approximate surface area is 172 Å². The van der Waals surface area contributed by atoms with Crippen LogP contribution in [0.3, 0.4) is 0 Å². The van der Waals surface area contributed by atoms with Gasteiger partial charge in [0.1, 0.15) is 0 Å². The van der Waals surface area contributed by atoms with E-state index in [1.807, 2.05) is 30.3 Å². The van der Waals surface area contributed by atoms with Crippen molar-refractivity contribution in [3.63, 3.8) is 0 Å². The number of benzene rings is 2. The van der Waals surface area contributed by atoms with Crippen molar-refractivity contribution in [2.45, 2.75) is 17.4 Å². The molecule has 1 N–H and O–H groups in total. The maximum Gasteiger partial charge on any atom is 0.243 e. The van der Waals surface area contributed by atoms with Gasteiger partial charge in [0.05, 0.1) is 17.5 Å². The van der Waals surface area contributed by atoms with E-state index in [-0.39, 0.29) is 18.4 Å². The molecular weight excluding hydrogens is 407 g/mol. The lowest BCUT2D eigenvalue weighted by Crippen LogP contribution is -2.48. The van der Waals surface area contributed by atoms with Crippen LogP contribution in [0, 0.1) is 0 Å². The van der Waals surface area contributed by atoms with Crippen molar-refractivity contribution in [3.8, 4) is 0 Å². The van der Waals surface area contributed by atoms with E-state index >= 15 is 0 Å². The van der Waals surface area contributed by atoms with Gasteiger partial charge in [0.15, 0.2) is 0 Å². The van der Waals surface area contributed by atoms with Crippen molar-refractivity contribution in [1.29, 1.82) is 0 Å². The molecule has 1 aliphatic heterocycles. The fraction of sp³-hybridized carbons (Fsp3) is 0.368. The van der Waals surface area contributed by atoms with Crippen LogP contribution in [0.15, 0.2) is 53.4 Å². The number of sulfonamides is 1. The number of hydrogen-bond acceptors (Lipinski definition) is 4. The minimum absolute atomic E-state index is 0. The van der Waals surface area contributed by atoms with E-state index in [0.717, 1.165) is 17.5 Å². The monoisotopic (exact) mass is 430 g/mol. The molecule has 0 radical (unpaired) electrons. The van der Waals surface area contributed by atoms with Crippen molar-refractivity contribution in [3.05, 3.63) is 64.7 Å². The second-order valence-corrected chi connectivity index (χ2v) is 8.60. The first kappa shape index (κ1) is 22.1. The van der Waals surface area contributed by atoms with E-state index in [2.05, 4.69) is 5.32 Å². The fourth-order valence-electron chi connectivity index (χ4n) is 3.15. The number of nitrogens with zero attached hydrogens (tertiary/aromatic N) is 1. The Hall–Kier alpha value is -1.15. The summed E-state index contributed by atoms with van der Waals surface area (Å²) in [5.74, 6) is 0. The van der Waals surface area contributed by atoms with Gasteiger partial charge in [-0.3, -0.25) is 0 Å². The van der Waals surface area contributed by atoms with Crippen LogP contribution in [0.25, 0.3) is 0 Å². The molecule has 1 aliphatic rings. The van der Waals surface area contributed by atoms with E-state index < -0.39 is 10.0 Å². The highest BCUT2D eigenvalue weighted by molar-refractivity contribution is 7.89. The van der Waals surface area contributed by atoms with E-state index in [4.69, 9.17) is 16.3 Å². The number of halogens is 2. The third-order valence-electron chi connectivity index (χ3n) is 4.55. The average molecular weight is 431 g/mol. The number of rotatable bonds is 6. The van der Waals surface area contributed by atoms with Crippen molar-refractivity contribution in [2.24, 2.45) is 0 Å².